The van der Waals surface area contributed by atoms with Gasteiger partial charge in [-0.2, -0.15) is 0 Å². The maximum atomic E-state index is 11.0. The maximum Gasteiger partial charge on any atom is 0.344 e. The predicted octanol–water partition coefficient (Wildman–Crippen LogP) is 3.18. The average Bonchev–Trinajstić information content (AvgIpc) is 2.38. The van der Waals surface area contributed by atoms with E-state index >= 15 is 0 Å². The Labute approximate surface area is 125 Å². The molecule has 1 aromatic rings. The van der Waals surface area contributed by atoms with Crippen molar-refractivity contribution in [3.8, 4) is 5.75 Å². The van der Waals surface area contributed by atoms with Crippen LogP contribution in [0.15, 0.2) is 28.7 Å². The van der Waals surface area contributed by atoms with Crippen LogP contribution in [-0.4, -0.2) is 28.3 Å². The third-order valence-corrected chi connectivity index (χ3v) is 3.09. The third-order valence-electron chi connectivity index (χ3n) is 2.47. The molecule has 1 rings (SSSR count). The molecular weight excluding hydrogens is 328 g/mol. The second-order valence-electron chi connectivity index (χ2n) is 4.09. The fraction of sp³-hybridized carbons (Fsp3) is 0.286. The number of halogens is 1. The van der Waals surface area contributed by atoms with Crippen molar-refractivity contribution in [3.63, 3.8) is 0 Å². The van der Waals surface area contributed by atoms with Crippen molar-refractivity contribution in [1.82, 2.24) is 0 Å². The monoisotopic (exact) mass is 342 g/mol. The number of carbonyl (C=O) groups is 2. The average molecular weight is 343 g/mol. The lowest BCUT2D eigenvalue weighted by Gasteiger charge is -2.15. The molecule has 1 unspecified atom stereocenters. The van der Waals surface area contributed by atoms with Gasteiger partial charge in [0.05, 0.1) is 4.47 Å². The quantitative estimate of drug-likeness (QED) is 0.743. The summed E-state index contributed by atoms with van der Waals surface area (Å²) in [4.78, 5) is 21.5. The number of aliphatic carboxylic acids is 2. The second-order valence-corrected chi connectivity index (χ2v) is 4.95. The molecule has 0 heterocycles. The van der Waals surface area contributed by atoms with Gasteiger partial charge >= 0.3 is 11.9 Å². The van der Waals surface area contributed by atoms with Gasteiger partial charge in [-0.1, -0.05) is 19.4 Å². The molecular formula is C14H15BrO5. The molecule has 1 atom stereocenters. The van der Waals surface area contributed by atoms with Crippen LogP contribution in [0.4, 0.5) is 0 Å². The van der Waals surface area contributed by atoms with E-state index in [-0.39, 0.29) is 0 Å². The molecule has 0 saturated carbocycles. The molecule has 0 saturated heterocycles. The zero-order valence-corrected chi connectivity index (χ0v) is 12.5. The Hall–Kier alpha value is -1.82. The molecule has 6 heteroatoms. The smallest absolute Gasteiger partial charge is 0.344 e. The van der Waals surface area contributed by atoms with Gasteiger partial charge in [0.15, 0.2) is 6.10 Å². The lowest BCUT2D eigenvalue weighted by molar-refractivity contribution is -0.145. The van der Waals surface area contributed by atoms with Crippen molar-refractivity contribution in [2.75, 3.05) is 0 Å². The Morgan fingerprint density at radius 3 is 2.60 bits per heavy atom. The van der Waals surface area contributed by atoms with Gasteiger partial charge in [0, 0.05) is 6.08 Å². The summed E-state index contributed by atoms with van der Waals surface area (Å²) in [5, 5.41) is 17.6. The largest absolute Gasteiger partial charge is 0.479 e. The van der Waals surface area contributed by atoms with Crippen molar-refractivity contribution in [3.05, 3.63) is 34.3 Å². The molecule has 0 radical (unpaired) electrons. The summed E-state index contributed by atoms with van der Waals surface area (Å²) in [6.07, 6.45) is 2.70. The van der Waals surface area contributed by atoms with Crippen LogP contribution in [0.25, 0.3) is 6.08 Å². The molecule has 0 bridgehead atoms. The summed E-state index contributed by atoms with van der Waals surface area (Å²) in [5.41, 5.74) is 0.675. The van der Waals surface area contributed by atoms with Crippen LogP contribution >= 0.6 is 15.9 Å². The Morgan fingerprint density at radius 2 is 2.10 bits per heavy atom. The lowest BCUT2D eigenvalue weighted by atomic mass is 10.2. The zero-order valence-electron chi connectivity index (χ0n) is 10.9. The highest BCUT2D eigenvalue weighted by Crippen LogP contribution is 2.28. The SMILES string of the molecule is CCCC(Oc1ccc(/C=C/C(=O)O)cc1Br)C(=O)O. The molecule has 20 heavy (non-hydrogen) atoms. The molecule has 2 N–H and O–H groups in total. The van der Waals surface area contributed by atoms with Gasteiger partial charge in [-0.25, -0.2) is 9.59 Å². The first-order valence-electron chi connectivity index (χ1n) is 6.04. The van der Waals surface area contributed by atoms with E-state index in [1.165, 1.54) is 6.08 Å². The highest BCUT2D eigenvalue weighted by Gasteiger charge is 2.19. The number of ether oxygens (including phenoxy) is 1. The Morgan fingerprint density at radius 1 is 1.40 bits per heavy atom. The van der Waals surface area contributed by atoms with Gasteiger partial charge in [-0.05, 0) is 46.1 Å². The van der Waals surface area contributed by atoms with E-state index in [2.05, 4.69) is 15.9 Å². The van der Waals surface area contributed by atoms with E-state index in [9.17, 15) is 9.59 Å². The van der Waals surface area contributed by atoms with Gasteiger partial charge in [0.2, 0.25) is 0 Å². The van der Waals surface area contributed by atoms with Gasteiger partial charge in [0.1, 0.15) is 5.75 Å². The first-order chi connectivity index (χ1) is 9.43. The number of hydrogen-bond acceptors (Lipinski definition) is 3. The highest BCUT2D eigenvalue weighted by molar-refractivity contribution is 9.10. The van der Waals surface area contributed by atoms with Crippen molar-refractivity contribution in [2.24, 2.45) is 0 Å². The Kier molecular flexibility index (Phi) is 6.24. The summed E-state index contributed by atoms with van der Waals surface area (Å²) in [6.45, 7) is 1.88. The van der Waals surface area contributed by atoms with Crippen LogP contribution in [0.2, 0.25) is 0 Å². The fourth-order valence-electron chi connectivity index (χ4n) is 1.53. The van der Waals surface area contributed by atoms with Gasteiger partial charge in [-0.15, -0.1) is 0 Å². The number of carboxylic acid groups (broad SMARTS) is 2. The molecule has 0 spiro atoms. The van der Waals surface area contributed by atoms with E-state index in [4.69, 9.17) is 14.9 Å². The minimum atomic E-state index is -1.03. The fourth-order valence-corrected chi connectivity index (χ4v) is 2.02. The molecule has 0 aliphatic rings. The molecule has 0 aliphatic heterocycles. The van der Waals surface area contributed by atoms with E-state index in [1.807, 2.05) is 6.92 Å². The number of rotatable bonds is 7. The Bertz CT molecular complexity index is 524. The molecule has 0 aliphatic carbocycles. The Balaban J connectivity index is 2.87. The molecule has 0 fully saturated rings. The summed E-state index contributed by atoms with van der Waals surface area (Å²) >= 11 is 3.28. The minimum absolute atomic E-state index is 0.415. The van der Waals surface area contributed by atoms with Crippen LogP contribution in [-0.2, 0) is 9.59 Å². The topological polar surface area (TPSA) is 83.8 Å². The van der Waals surface area contributed by atoms with Crippen LogP contribution in [0.1, 0.15) is 25.3 Å². The highest BCUT2D eigenvalue weighted by atomic mass is 79.9. The van der Waals surface area contributed by atoms with Crippen molar-refractivity contribution in [1.29, 1.82) is 0 Å². The molecule has 0 aromatic heterocycles. The van der Waals surface area contributed by atoms with Gasteiger partial charge in [0.25, 0.3) is 0 Å². The van der Waals surface area contributed by atoms with E-state index in [1.54, 1.807) is 18.2 Å². The number of hydrogen-bond donors (Lipinski definition) is 2. The minimum Gasteiger partial charge on any atom is -0.479 e. The van der Waals surface area contributed by atoms with E-state index in [0.717, 1.165) is 6.08 Å². The zero-order chi connectivity index (χ0) is 15.1. The summed E-state index contributed by atoms with van der Waals surface area (Å²) in [6, 6.07) is 4.93. The first kappa shape index (κ1) is 16.2. The molecule has 1 aromatic carbocycles. The van der Waals surface area contributed by atoms with E-state index < -0.39 is 18.0 Å². The van der Waals surface area contributed by atoms with Crippen molar-refractivity contribution in [2.45, 2.75) is 25.9 Å². The van der Waals surface area contributed by atoms with Crippen molar-refractivity contribution < 1.29 is 24.5 Å². The van der Waals surface area contributed by atoms with Crippen LogP contribution < -0.4 is 4.74 Å². The van der Waals surface area contributed by atoms with Crippen LogP contribution in [0.3, 0.4) is 0 Å². The number of benzene rings is 1. The van der Waals surface area contributed by atoms with E-state index in [0.29, 0.717) is 28.6 Å². The summed E-state index contributed by atoms with van der Waals surface area (Å²) in [5.74, 6) is -1.62. The predicted molar refractivity (Wildman–Crippen MR) is 77.8 cm³/mol. The van der Waals surface area contributed by atoms with Crippen molar-refractivity contribution >= 4 is 33.9 Å². The molecule has 0 amide bonds. The molecule has 108 valence electrons. The number of carboxylic acids is 2. The second kappa shape index (κ2) is 7.69. The molecule has 5 nitrogen and oxygen atoms in total. The normalized spacial score (nSPS) is 12.3. The van der Waals surface area contributed by atoms with Crippen LogP contribution in [0, 0.1) is 0 Å². The summed E-state index contributed by atoms with van der Waals surface area (Å²) < 4.78 is 6.02. The standard InChI is InChI=1S/C14H15BrO5/c1-2-3-12(14(18)19)20-11-6-4-9(8-10(11)15)5-7-13(16)17/h4-8,12H,2-3H2,1H3,(H,16,17)(H,18,19)/b7-5+. The van der Waals surface area contributed by atoms with Gasteiger partial charge in [-0.3, -0.25) is 0 Å². The maximum absolute atomic E-state index is 11.0. The summed E-state index contributed by atoms with van der Waals surface area (Å²) in [7, 11) is 0. The van der Waals surface area contributed by atoms with Crippen LogP contribution in [0.5, 0.6) is 5.75 Å². The van der Waals surface area contributed by atoms with Gasteiger partial charge < -0.3 is 14.9 Å². The third kappa shape index (κ3) is 5.05. The lowest BCUT2D eigenvalue weighted by Crippen LogP contribution is -2.26. The first-order valence-corrected chi connectivity index (χ1v) is 6.83.